The molecule has 1 heterocycles. The van der Waals surface area contributed by atoms with E-state index in [4.69, 9.17) is 5.73 Å². The molecule has 0 bridgehead atoms. The van der Waals surface area contributed by atoms with E-state index < -0.39 is 6.61 Å². The molecule has 6 nitrogen and oxygen atoms in total. The van der Waals surface area contributed by atoms with E-state index in [0.29, 0.717) is 39.0 Å². The molecule has 0 radical (unpaired) electrons. The van der Waals surface area contributed by atoms with Crippen molar-refractivity contribution >= 4 is 24.2 Å². The van der Waals surface area contributed by atoms with Gasteiger partial charge in [0.15, 0.2) is 0 Å². The topological polar surface area (TPSA) is 75.9 Å². The quantitative estimate of drug-likeness (QED) is 0.806. The lowest BCUT2D eigenvalue weighted by Gasteiger charge is -2.35. The summed E-state index contributed by atoms with van der Waals surface area (Å²) in [5.41, 5.74) is 5.75. The molecule has 1 atom stereocenters. The lowest BCUT2D eigenvalue weighted by molar-refractivity contribution is -0.132. The van der Waals surface area contributed by atoms with Gasteiger partial charge >= 0.3 is 6.61 Å². The number of ether oxygens (including phenoxy) is 1. The number of carbonyl (C=O) groups is 2. The van der Waals surface area contributed by atoms with Crippen molar-refractivity contribution in [3.05, 3.63) is 29.8 Å². The highest BCUT2D eigenvalue weighted by Crippen LogP contribution is 2.22. The number of nitrogens with two attached hydrogens (primary N) is 1. The van der Waals surface area contributed by atoms with E-state index in [1.54, 1.807) is 15.9 Å². The van der Waals surface area contributed by atoms with Crippen LogP contribution in [-0.4, -0.2) is 60.4 Å². The first-order valence-electron chi connectivity index (χ1n) is 8.25. The minimum Gasteiger partial charge on any atom is -0.434 e. The molecule has 1 aliphatic rings. The van der Waals surface area contributed by atoms with Gasteiger partial charge in [0.25, 0.3) is 5.91 Å². The van der Waals surface area contributed by atoms with Crippen LogP contribution in [0.15, 0.2) is 24.3 Å². The average molecular weight is 392 g/mol. The Morgan fingerprint density at radius 3 is 2.31 bits per heavy atom. The summed E-state index contributed by atoms with van der Waals surface area (Å²) in [7, 11) is 0. The molecule has 2 rings (SSSR count). The van der Waals surface area contributed by atoms with Gasteiger partial charge in [-0.05, 0) is 25.5 Å². The van der Waals surface area contributed by atoms with E-state index in [1.807, 2.05) is 6.92 Å². The summed E-state index contributed by atoms with van der Waals surface area (Å²) in [6.45, 7) is 0.400. The number of hydrogen-bond donors (Lipinski definition) is 1. The van der Waals surface area contributed by atoms with Crippen molar-refractivity contribution in [2.24, 2.45) is 5.73 Å². The number of benzene rings is 1. The fraction of sp³-hybridized carbons (Fsp3) is 0.529. The summed E-state index contributed by atoms with van der Waals surface area (Å²) in [5, 5.41) is 0. The number of alkyl halides is 2. The van der Waals surface area contributed by atoms with Gasteiger partial charge in [0.2, 0.25) is 5.91 Å². The van der Waals surface area contributed by atoms with Crippen LogP contribution in [0.25, 0.3) is 0 Å². The van der Waals surface area contributed by atoms with E-state index in [1.165, 1.54) is 18.2 Å². The highest BCUT2D eigenvalue weighted by atomic mass is 35.5. The Morgan fingerprint density at radius 2 is 1.73 bits per heavy atom. The van der Waals surface area contributed by atoms with Crippen molar-refractivity contribution in [2.45, 2.75) is 32.4 Å². The van der Waals surface area contributed by atoms with Crippen LogP contribution in [0.2, 0.25) is 0 Å². The van der Waals surface area contributed by atoms with Crippen LogP contribution in [0.4, 0.5) is 8.78 Å². The minimum atomic E-state index is -2.99. The monoisotopic (exact) mass is 391 g/mol. The number of nitrogens with zero attached hydrogens (tertiary/aromatic N) is 2. The van der Waals surface area contributed by atoms with Crippen molar-refractivity contribution in [1.82, 2.24) is 9.80 Å². The van der Waals surface area contributed by atoms with E-state index in [0.717, 1.165) is 0 Å². The highest BCUT2D eigenvalue weighted by molar-refractivity contribution is 5.97. The molecule has 1 saturated heterocycles. The predicted molar refractivity (Wildman–Crippen MR) is 95.7 cm³/mol. The van der Waals surface area contributed by atoms with Gasteiger partial charge in [-0.15, -0.1) is 12.4 Å². The van der Waals surface area contributed by atoms with Crippen LogP contribution < -0.4 is 10.5 Å². The summed E-state index contributed by atoms with van der Waals surface area (Å²) < 4.78 is 29.4. The maximum Gasteiger partial charge on any atom is 0.387 e. The molecule has 146 valence electrons. The Bertz CT molecular complexity index is 609. The van der Waals surface area contributed by atoms with Crippen LogP contribution in [0.3, 0.4) is 0 Å². The average Bonchev–Trinajstić information content (AvgIpc) is 2.59. The Kier molecular flexibility index (Phi) is 8.74. The zero-order chi connectivity index (χ0) is 18.4. The predicted octanol–water partition coefficient (Wildman–Crippen LogP) is 2.12. The van der Waals surface area contributed by atoms with E-state index in [9.17, 15) is 18.4 Å². The van der Waals surface area contributed by atoms with Crippen molar-refractivity contribution in [1.29, 1.82) is 0 Å². The van der Waals surface area contributed by atoms with E-state index in [-0.39, 0.29) is 41.6 Å². The van der Waals surface area contributed by atoms with Crippen molar-refractivity contribution < 1.29 is 23.1 Å². The Balaban J connectivity index is 0.00000338. The lowest BCUT2D eigenvalue weighted by Crippen LogP contribution is -2.50. The summed E-state index contributed by atoms with van der Waals surface area (Å²) in [6.07, 6.45) is 1.01. The third-order valence-electron chi connectivity index (χ3n) is 4.07. The van der Waals surface area contributed by atoms with Crippen LogP contribution in [-0.2, 0) is 4.79 Å². The molecule has 1 fully saturated rings. The maximum absolute atomic E-state index is 12.6. The normalized spacial score (nSPS) is 15.4. The van der Waals surface area contributed by atoms with Gasteiger partial charge in [0, 0.05) is 38.6 Å². The van der Waals surface area contributed by atoms with Crippen molar-refractivity contribution in [3.8, 4) is 5.75 Å². The van der Waals surface area contributed by atoms with Gasteiger partial charge in [-0.2, -0.15) is 8.78 Å². The van der Waals surface area contributed by atoms with Gasteiger partial charge in [0.05, 0.1) is 5.56 Å². The molecular formula is C17H24ClF2N3O3. The molecule has 2 amide bonds. The van der Waals surface area contributed by atoms with Crippen molar-refractivity contribution in [3.63, 3.8) is 0 Å². The molecule has 0 aliphatic carbocycles. The Labute approximate surface area is 157 Å². The zero-order valence-electron chi connectivity index (χ0n) is 14.6. The molecule has 0 spiro atoms. The SMILES string of the molecule is CC(N)CCC(=O)N1CCN(C(=O)c2ccccc2OC(F)F)CC1.Cl. The molecule has 1 aliphatic heterocycles. The second-order valence-electron chi connectivity index (χ2n) is 6.06. The fourth-order valence-electron chi connectivity index (χ4n) is 2.68. The van der Waals surface area contributed by atoms with Crippen LogP contribution >= 0.6 is 12.4 Å². The number of hydrogen-bond acceptors (Lipinski definition) is 4. The third kappa shape index (κ3) is 6.10. The Morgan fingerprint density at radius 1 is 1.15 bits per heavy atom. The molecule has 9 heteroatoms. The summed E-state index contributed by atoms with van der Waals surface area (Å²) >= 11 is 0. The van der Waals surface area contributed by atoms with Gasteiger partial charge in [-0.25, -0.2) is 0 Å². The zero-order valence-corrected chi connectivity index (χ0v) is 15.4. The summed E-state index contributed by atoms with van der Waals surface area (Å²) in [6, 6.07) is 5.90. The third-order valence-corrected chi connectivity index (χ3v) is 4.07. The van der Waals surface area contributed by atoms with Gasteiger partial charge in [0.1, 0.15) is 5.75 Å². The molecule has 0 aromatic heterocycles. The minimum absolute atomic E-state index is 0. The molecule has 0 saturated carbocycles. The molecule has 1 aromatic rings. The second kappa shape index (κ2) is 10.3. The first-order valence-corrected chi connectivity index (χ1v) is 8.25. The molecular weight excluding hydrogens is 368 g/mol. The Hall–Kier alpha value is -1.93. The number of para-hydroxylation sites is 1. The smallest absolute Gasteiger partial charge is 0.387 e. The highest BCUT2D eigenvalue weighted by Gasteiger charge is 2.26. The van der Waals surface area contributed by atoms with Crippen LogP contribution in [0.5, 0.6) is 5.75 Å². The van der Waals surface area contributed by atoms with Crippen LogP contribution in [0.1, 0.15) is 30.1 Å². The fourth-order valence-corrected chi connectivity index (χ4v) is 2.68. The molecule has 2 N–H and O–H groups in total. The number of rotatable bonds is 6. The molecule has 1 aromatic carbocycles. The molecule has 1 unspecified atom stereocenters. The number of carbonyl (C=O) groups excluding carboxylic acids is 2. The lowest BCUT2D eigenvalue weighted by atomic mass is 10.1. The first kappa shape index (κ1) is 22.1. The van der Waals surface area contributed by atoms with E-state index in [2.05, 4.69) is 4.74 Å². The number of amides is 2. The van der Waals surface area contributed by atoms with Gasteiger partial charge < -0.3 is 20.3 Å². The van der Waals surface area contributed by atoms with Gasteiger partial charge in [-0.3, -0.25) is 9.59 Å². The van der Waals surface area contributed by atoms with Crippen LogP contribution in [0, 0.1) is 0 Å². The first-order chi connectivity index (χ1) is 11.9. The largest absolute Gasteiger partial charge is 0.434 e. The summed E-state index contributed by atoms with van der Waals surface area (Å²) in [5.74, 6) is -0.497. The van der Waals surface area contributed by atoms with Crippen molar-refractivity contribution in [2.75, 3.05) is 26.2 Å². The second-order valence-corrected chi connectivity index (χ2v) is 6.06. The number of piperazine rings is 1. The standard InChI is InChI=1S/C17H23F2N3O3.ClH/c1-12(20)6-7-15(23)21-8-10-22(11-9-21)16(24)13-4-2-3-5-14(13)25-17(18)19;/h2-5,12,17H,6-11,20H2,1H3;1H. The van der Waals surface area contributed by atoms with Gasteiger partial charge in [-0.1, -0.05) is 12.1 Å². The number of halogens is 3. The maximum atomic E-state index is 12.6. The molecule has 26 heavy (non-hydrogen) atoms. The van der Waals surface area contributed by atoms with E-state index >= 15 is 0 Å². The summed E-state index contributed by atoms with van der Waals surface area (Å²) in [4.78, 5) is 27.9.